The van der Waals surface area contributed by atoms with Gasteiger partial charge in [0.25, 0.3) is 11.8 Å². The van der Waals surface area contributed by atoms with E-state index in [1.54, 1.807) is 24.3 Å². The van der Waals surface area contributed by atoms with Gasteiger partial charge in [-0.25, -0.2) is 8.78 Å². The van der Waals surface area contributed by atoms with Gasteiger partial charge >= 0.3 is 0 Å². The maximum atomic E-state index is 14.1. The van der Waals surface area contributed by atoms with E-state index in [1.807, 2.05) is 30.3 Å². The van der Waals surface area contributed by atoms with Crippen molar-refractivity contribution in [3.8, 4) is 0 Å². The summed E-state index contributed by atoms with van der Waals surface area (Å²) in [6, 6.07) is 16.4. The van der Waals surface area contributed by atoms with Crippen molar-refractivity contribution in [3.05, 3.63) is 71.3 Å². The number of alkyl halides is 2. The van der Waals surface area contributed by atoms with Gasteiger partial charge in [0.1, 0.15) is 0 Å². The molecule has 1 aliphatic carbocycles. The van der Waals surface area contributed by atoms with Gasteiger partial charge in [-0.1, -0.05) is 42.5 Å². The van der Waals surface area contributed by atoms with Crippen LogP contribution in [-0.4, -0.2) is 46.7 Å². The SMILES string of the molecule is O=C1c2ccccc2C(=O)N1CC1C2CC(F)(F)CC2CN1Cc1ccccc1. The Balaban J connectivity index is 1.42. The van der Waals surface area contributed by atoms with E-state index in [-0.39, 0.29) is 49.1 Å². The van der Waals surface area contributed by atoms with Gasteiger partial charge in [-0.15, -0.1) is 0 Å². The number of halogens is 2. The molecule has 1 saturated carbocycles. The Morgan fingerprint density at radius 2 is 1.52 bits per heavy atom. The summed E-state index contributed by atoms with van der Waals surface area (Å²) in [6.07, 6.45) is -0.279. The molecule has 0 spiro atoms. The predicted molar refractivity (Wildman–Crippen MR) is 104 cm³/mol. The smallest absolute Gasteiger partial charge is 0.261 e. The van der Waals surface area contributed by atoms with E-state index in [2.05, 4.69) is 4.90 Å². The largest absolute Gasteiger partial charge is 0.294 e. The van der Waals surface area contributed by atoms with Gasteiger partial charge in [0.2, 0.25) is 5.92 Å². The maximum absolute atomic E-state index is 14.1. The third kappa shape index (κ3) is 3.15. The minimum absolute atomic E-state index is 0.103. The second-order valence-electron chi connectivity index (χ2n) is 8.44. The third-order valence-corrected chi connectivity index (χ3v) is 6.61. The first-order chi connectivity index (χ1) is 13.9. The van der Waals surface area contributed by atoms with Crippen molar-refractivity contribution in [3.63, 3.8) is 0 Å². The summed E-state index contributed by atoms with van der Waals surface area (Å²) in [7, 11) is 0. The zero-order valence-electron chi connectivity index (χ0n) is 15.9. The number of likely N-dealkylation sites (tertiary alicyclic amines) is 1. The lowest BCUT2D eigenvalue weighted by molar-refractivity contribution is -0.00808. The van der Waals surface area contributed by atoms with Crippen LogP contribution in [0.25, 0.3) is 0 Å². The summed E-state index contributed by atoms with van der Waals surface area (Å²) in [4.78, 5) is 29.1. The first kappa shape index (κ1) is 18.4. The standard InChI is InChI=1S/C23H22F2N2O2/c24-23(25)10-16-13-26(12-15-6-2-1-3-7-15)20(19(16)11-23)14-27-21(28)17-8-4-5-9-18(17)22(27)29/h1-9,16,19-20H,10-14H2. The number of hydrogen-bond donors (Lipinski definition) is 0. The van der Waals surface area contributed by atoms with Crippen molar-refractivity contribution in [2.75, 3.05) is 13.1 Å². The molecular formula is C23H22F2N2O2. The Bertz CT molecular complexity index is 927. The highest BCUT2D eigenvalue weighted by Gasteiger charge is 2.55. The second kappa shape index (κ2) is 6.73. The molecular weight excluding hydrogens is 374 g/mol. The average molecular weight is 396 g/mol. The molecule has 1 saturated heterocycles. The van der Waals surface area contributed by atoms with Gasteiger partial charge in [-0.2, -0.15) is 0 Å². The van der Waals surface area contributed by atoms with Gasteiger partial charge in [0.15, 0.2) is 0 Å². The number of hydrogen-bond acceptors (Lipinski definition) is 3. The molecule has 29 heavy (non-hydrogen) atoms. The van der Waals surface area contributed by atoms with Crippen molar-refractivity contribution in [2.24, 2.45) is 11.8 Å². The van der Waals surface area contributed by atoms with E-state index in [1.165, 1.54) is 4.90 Å². The van der Waals surface area contributed by atoms with Crippen LogP contribution in [0.4, 0.5) is 8.78 Å². The fourth-order valence-corrected chi connectivity index (χ4v) is 5.33. The summed E-state index contributed by atoms with van der Waals surface area (Å²) in [5, 5.41) is 0. The lowest BCUT2D eigenvalue weighted by Crippen LogP contribution is -2.45. The van der Waals surface area contributed by atoms with Gasteiger partial charge in [0, 0.05) is 38.5 Å². The Labute approximate surface area is 168 Å². The molecule has 0 radical (unpaired) electrons. The van der Waals surface area contributed by atoms with Crippen LogP contribution in [0.2, 0.25) is 0 Å². The third-order valence-electron chi connectivity index (χ3n) is 6.61. The molecule has 3 atom stereocenters. The summed E-state index contributed by atoms with van der Waals surface area (Å²) >= 11 is 0. The van der Waals surface area contributed by atoms with E-state index in [9.17, 15) is 18.4 Å². The van der Waals surface area contributed by atoms with Crippen LogP contribution in [-0.2, 0) is 6.54 Å². The monoisotopic (exact) mass is 396 g/mol. The molecule has 5 rings (SSSR count). The number of imide groups is 1. The van der Waals surface area contributed by atoms with Crippen LogP contribution in [0.1, 0.15) is 39.1 Å². The van der Waals surface area contributed by atoms with Crippen LogP contribution in [0, 0.1) is 11.8 Å². The Kier molecular flexibility index (Phi) is 4.28. The van der Waals surface area contributed by atoms with Gasteiger partial charge in [-0.3, -0.25) is 19.4 Å². The number of carbonyl (C=O) groups excluding carboxylic acids is 2. The number of carbonyl (C=O) groups is 2. The summed E-state index contributed by atoms with van der Waals surface area (Å²) < 4.78 is 28.2. The molecule has 2 fully saturated rings. The number of amides is 2. The Hall–Kier alpha value is -2.60. The van der Waals surface area contributed by atoms with Crippen molar-refractivity contribution in [2.45, 2.75) is 31.4 Å². The van der Waals surface area contributed by atoms with Gasteiger partial charge in [0.05, 0.1) is 11.1 Å². The van der Waals surface area contributed by atoms with Gasteiger partial charge < -0.3 is 0 Å². The van der Waals surface area contributed by atoms with Crippen molar-refractivity contribution in [1.29, 1.82) is 0 Å². The zero-order chi connectivity index (χ0) is 20.2. The average Bonchev–Trinajstić information content (AvgIpc) is 3.25. The van der Waals surface area contributed by atoms with Crippen molar-refractivity contribution in [1.82, 2.24) is 9.80 Å². The van der Waals surface area contributed by atoms with Crippen LogP contribution in [0.5, 0.6) is 0 Å². The molecule has 0 aromatic heterocycles. The van der Waals surface area contributed by atoms with Crippen molar-refractivity contribution < 1.29 is 18.4 Å². The minimum atomic E-state index is -2.66. The number of nitrogens with zero attached hydrogens (tertiary/aromatic N) is 2. The number of fused-ring (bicyclic) bond motifs is 2. The normalized spacial score (nSPS) is 28.1. The molecule has 150 valence electrons. The lowest BCUT2D eigenvalue weighted by Gasteiger charge is -2.31. The van der Waals surface area contributed by atoms with Crippen molar-refractivity contribution >= 4 is 11.8 Å². The summed E-state index contributed by atoms with van der Waals surface area (Å²) in [5.41, 5.74) is 1.91. The topological polar surface area (TPSA) is 40.6 Å². The molecule has 6 heteroatoms. The number of rotatable bonds is 4. The van der Waals surface area contributed by atoms with Crippen LogP contribution >= 0.6 is 0 Å². The first-order valence-electron chi connectivity index (χ1n) is 10.0. The maximum Gasteiger partial charge on any atom is 0.261 e. The van der Waals surface area contributed by atoms with Crippen LogP contribution < -0.4 is 0 Å². The van der Waals surface area contributed by atoms with E-state index < -0.39 is 5.92 Å². The fourth-order valence-electron chi connectivity index (χ4n) is 5.33. The molecule has 2 amide bonds. The van der Waals surface area contributed by atoms with E-state index in [0.29, 0.717) is 24.2 Å². The Morgan fingerprint density at radius 1 is 0.897 bits per heavy atom. The first-order valence-corrected chi connectivity index (χ1v) is 10.0. The molecule has 2 aliphatic heterocycles. The van der Waals surface area contributed by atoms with Gasteiger partial charge in [-0.05, 0) is 29.5 Å². The number of benzene rings is 2. The summed E-state index contributed by atoms with van der Waals surface area (Å²) in [6.45, 7) is 1.37. The quantitative estimate of drug-likeness (QED) is 0.738. The zero-order valence-corrected chi connectivity index (χ0v) is 15.9. The fraction of sp³-hybridized carbons (Fsp3) is 0.391. The Morgan fingerprint density at radius 3 is 2.17 bits per heavy atom. The minimum Gasteiger partial charge on any atom is -0.294 e. The molecule has 3 aliphatic rings. The second-order valence-corrected chi connectivity index (χ2v) is 8.44. The lowest BCUT2D eigenvalue weighted by atomic mass is 9.93. The molecule has 0 bridgehead atoms. The van der Waals surface area contributed by atoms with Crippen LogP contribution in [0.3, 0.4) is 0 Å². The van der Waals surface area contributed by atoms with Crippen LogP contribution in [0.15, 0.2) is 54.6 Å². The molecule has 2 heterocycles. The highest BCUT2D eigenvalue weighted by Crippen LogP contribution is 2.50. The highest BCUT2D eigenvalue weighted by molar-refractivity contribution is 6.21. The van der Waals surface area contributed by atoms with E-state index in [0.717, 1.165) is 5.56 Å². The molecule has 2 aromatic rings. The summed E-state index contributed by atoms with van der Waals surface area (Å²) in [5.74, 6) is -3.61. The molecule has 4 nitrogen and oxygen atoms in total. The van der Waals surface area contributed by atoms with E-state index in [4.69, 9.17) is 0 Å². The van der Waals surface area contributed by atoms with E-state index >= 15 is 0 Å². The molecule has 0 N–H and O–H groups in total. The molecule has 3 unspecified atom stereocenters. The molecule has 2 aromatic carbocycles. The predicted octanol–water partition coefficient (Wildman–Crippen LogP) is 3.83. The highest BCUT2D eigenvalue weighted by atomic mass is 19.3.